The number of amidine groups is 1. The second kappa shape index (κ2) is 12.7. The van der Waals surface area contributed by atoms with Gasteiger partial charge in [0.05, 0.1) is 18.4 Å². The van der Waals surface area contributed by atoms with Gasteiger partial charge in [-0.1, -0.05) is 6.07 Å². The van der Waals surface area contributed by atoms with Gasteiger partial charge in [-0.3, -0.25) is 30.8 Å². The molecule has 3 aromatic rings. The molecule has 0 aliphatic heterocycles. The second-order valence-electron chi connectivity index (χ2n) is 9.28. The first-order valence-electron chi connectivity index (χ1n) is 12.1. The molecule has 0 fully saturated rings. The number of hydrogen-bond donors (Lipinski definition) is 6. The topological polar surface area (TPSA) is 177 Å². The number of amides is 2. The van der Waals surface area contributed by atoms with Gasteiger partial charge in [0.15, 0.2) is 17.3 Å². The molecule has 206 valence electrons. The van der Waals surface area contributed by atoms with Gasteiger partial charge in [-0.05, 0) is 68.8 Å². The summed E-state index contributed by atoms with van der Waals surface area (Å²) in [5.74, 6) is -1.58. The Balaban J connectivity index is 1.89. The average Bonchev–Trinajstić information content (AvgIpc) is 2.89. The molecule has 0 saturated carbocycles. The molecule has 0 spiro atoms. The van der Waals surface area contributed by atoms with Crippen LogP contribution < -0.4 is 37.1 Å². The number of carbonyl (C=O) groups is 2. The number of nitrogens with zero attached hydrogens (tertiary/aromatic N) is 1. The van der Waals surface area contributed by atoms with Crippen molar-refractivity contribution in [3.05, 3.63) is 83.4 Å². The third kappa shape index (κ3) is 8.14. The number of anilines is 1. The molecule has 2 amide bonds. The first-order valence-corrected chi connectivity index (χ1v) is 12.1. The van der Waals surface area contributed by atoms with Gasteiger partial charge in [0.25, 0.3) is 11.8 Å². The molecule has 1 unspecified atom stereocenters. The molecule has 12 heteroatoms. The van der Waals surface area contributed by atoms with Crippen molar-refractivity contribution in [2.24, 2.45) is 11.5 Å². The molecule has 1 heterocycles. The monoisotopic (exact) mass is 537 g/mol. The number of rotatable bonds is 11. The molecule has 8 N–H and O–H groups in total. The third-order valence-electron chi connectivity index (χ3n) is 5.29. The van der Waals surface area contributed by atoms with E-state index < -0.39 is 29.2 Å². The Morgan fingerprint density at radius 3 is 2.41 bits per heavy atom. The van der Waals surface area contributed by atoms with Crippen LogP contribution >= 0.6 is 0 Å². The van der Waals surface area contributed by atoms with E-state index in [1.165, 1.54) is 12.3 Å². The lowest BCUT2D eigenvalue weighted by Gasteiger charge is -2.23. The highest BCUT2D eigenvalue weighted by molar-refractivity contribution is 5.97. The molecule has 0 aliphatic carbocycles. The number of aromatic nitrogens is 1. The fourth-order valence-electron chi connectivity index (χ4n) is 3.39. The molecule has 0 radical (unpaired) electrons. The highest BCUT2D eigenvalue weighted by Gasteiger charge is 2.24. The van der Waals surface area contributed by atoms with E-state index in [-0.39, 0.29) is 18.0 Å². The zero-order chi connectivity index (χ0) is 28.6. The van der Waals surface area contributed by atoms with E-state index in [0.717, 1.165) is 6.20 Å². The molecule has 1 aromatic heterocycles. The molecular weight excluding hydrogens is 505 g/mol. The molecule has 11 nitrogen and oxygen atoms in total. The van der Waals surface area contributed by atoms with Crippen molar-refractivity contribution in [1.29, 1.82) is 5.41 Å². The Morgan fingerprint density at radius 2 is 1.79 bits per heavy atom. The zero-order valence-corrected chi connectivity index (χ0v) is 21.9. The van der Waals surface area contributed by atoms with E-state index in [0.29, 0.717) is 34.9 Å². The van der Waals surface area contributed by atoms with Crippen LogP contribution in [0.15, 0.2) is 60.9 Å². The van der Waals surface area contributed by atoms with E-state index in [4.69, 9.17) is 26.4 Å². The van der Waals surface area contributed by atoms with Crippen molar-refractivity contribution in [3.63, 3.8) is 0 Å². The SMILES string of the molecule is CCOc1cc(C(Nc2ccc(C(=N)N)cc2)C(=O)NNC(=O)c2ccncc2F)ccc1OCC(C)(C)N. The lowest BCUT2D eigenvalue weighted by atomic mass is 10.0. The van der Waals surface area contributed by atoms with Gasteiger partial charge in [-0.25, -0.2) is 4.39 Å². The summed E-state index contributed by atoms with van der Waals surface area (Å²) in [7, 11) is 0. The van der Waals surface area contributed by atoms with Crippen LogP contribution in [0.1, 0.15) is 48.3 Å². The number of carbonyl (C=O) groups excluding carboxylic acids is 2. The lowest BCUT2D eigenvalue weighted by Crippen LogP contribution is -2.45. The number of ether oxygens (including phenoxy) is 2. The first kappa shape index (κ1) is 28.9. The highest BCUT2D eigenvalue weighted by Crippen LogP contribution is 2.32. The van der Waals surface area contributed by atoms with Crippen LogP contribution in [0.4, 0.5) is 10.1 Å². The minimum Gasteiger partial charge on any atom is -0.490 e. The highest BCUT2D eigenvalue weighted by atomic mass is 19.1. The lowest BCUT2D eigenvalue weighted by molar-refractivity contribution is -0.122. The maximum atomic E-state index is 14.0. The van der Waals surface area contributed by atoms with Crippen LogP contribution in [0.25, 0.3) is 0 Å². The van der Waals surface area contributed by atoms with Crippen molar-refractivity contribution in [2.45, 2.75) is 32.4 Å². The van der Waals surface area contributed by atoms with Gasteiger partial charge < -0.3 is 26.3 Å². The van der Waals surface area contributed by atoms with Gasteiger partial charge in [-0.2, -0.15) is 0 Å². The normalized spacial score (nSPS) is 11.7. The minimum atomic E-state index is -1.03. The molecule has 3 rings (SSSR count). The van der Waals surface area contributed by atoms with Crippen molar-refractivity contribution < 1.29 is 23.5 Å². The summed E-state index contributed by atoms with van der Waals surface area (Å²) in [6.07, 6.45) is 2.16. The van der Waals surface area contributed by atoms with E-state index in [9.17, 15) is 14.0 Å². The quantitative estimate of drug-likeness (QED) is 0.123. The number of hydrazine groups is 1. The fourth-order valence-corrected chi connectivity index (χ4v) is 3.39. The van der Waals surface area contributed by atoms with Crippen LogP contribution in [-0.4, -0.2) is 41.4 Å². The van der Waals surface area contributed by atoms with E-state index in [1.54, 1.807) is 42.5 Å². The number of nitrogen functional groups attached to an aromatic ring is 1. The summed E-state index contributed by atoms with van der Waals surface area (Å²) in [5.41, 5.74) is 16.8. The Hall–Kier alpha value is -4.71. The largest absolute Gasteiger partial charge is 0.490 e. The maximum absolute atomic E-state index is 14.0. The number of nitrogens with one attached hydrogen (secondary N) is 4. The summed E-state index contributed by atoms with van der Waals surface area (Å²) in [6, 6.07) is 11.7. The van der Waals surface area contributed by atoms with Crippen LogP contribution in [0.3, 0.4) is 0 Å². The van der Waals surface area contributed by atoms with Crippen LogP contribution in [0.5, 0.6) is 11.5 Å². The summed E-state index contributed by atoms with van der Waals surface area (Å²) < 4.78 is 25.5. The molecule has 39 heavy (non-hydrogen) atoms. The number of hydrogen-bond acceptors (Lipinski definition) is 8. The minimum absolute atomic E-state index is 0.0977. The fraction of sp³-hybridized carbons (Fsp3) is 0.259. The Kier molecular flexibility index (Phi) is 9.39. The molecule has 0 saturated heterocycles. The van der Waals surface area contributed by atoms with Crippen LogP contribution in [0, 0.1) is 11.2 Å². The molecule has 1 atom stereocenters. The number of nitrogens with two attached hydrogens (primary N) is 2. The van der Waals surface area contributed by atoms with Gasteiger partial charge in [0.2, 0.25) is 0 Å². The number of halogens is 1. The third-order valence-corrected chi connectivity index (χ3v) is 5.29. The summed E-state index contributed by atoms with van der Waals surface area (Å²) in [4.78, 5) is 29.4. The number of benzene rings is 2. The Morgan fingerprint density at radius 1 is 1.08 bits per heavy atom. The van der Waals surface area contributed by atoms with Crippen molar-refractivity contribution in [3.8, 4) is 11.5 Å². The zero-order valence-electron chi connectivity index (χ0n) is 21.9. The molecule has 0 aliphatic rings. The Bertz CT molecular complexity index is 1330. The van der Waals surface area contributed by atoms with E-state index >= 15 is 0 Å². The molecular formula is C27H32FN7O4. The summed E-state index contributed by atoms with van der Waals surface area (Å²) >= 11 is 0. The first-order chi connectivity index (χ1) is 18.5. The maximum Gasteiger partial charge on any atom is 0.272 e. The van der Waals surface area contributed by atoms with Gasteiger partial charge >= 0.3 is 0 Å². The number of pyridine rings is 1. The summed E-state index contributed by atoms with van der Waals surface area (Å²) in [6.45, 7) is 6.05. The average molecular weight is 538 g/mol. The Labute approximate surface area is 225 Å². The van der Waals surface area contributed by atoms with E-state index in [2.05, 4.69) is 21.2 Å². The smallest absolute Gasteiger partial charge is 0.272 e. The van der Waals surface area contributed by atoms with Gasteiger partial charge in [0, 0.05) is 23.0 Å². The predicted molar refractivity (Wildman–Crippen MR) is 145 cm³/mol. The van der Waals surface area contributed by atoms with Crippen molar-refractivity contribution in [2.75, 3.05) is 18.5 Å². The molecule has 2 aromatic carbocycles. The van der Waals surface area contributed by atoms with Crippen molar-refractivity contribution >= 4 is 23.3 Å². The molecule has 0 bridgehead atoms. The predicted octanol–water partition coefficient (Wildman–Crippen LogP) is 2.63. The standard InChI is InChI=1S/C27H32FN7O4/c1-4-38-22-13-17(7-10-21(22)39-15-27(2,3)31)23(33-18-8-5-16(6-9-18)24(29)30)26(37)35-34-25(36)19-11-12-32-14-20(19)28/h5-14,23,33H,4,15,31H2,1-3H3,(H3,29,30)(H,34,36)(H,35,37). The van der Waals surface area contributed by atoms with Gasteiger partial charge in [0.1, 0.15) is 18.5 Å². The van der Waals surface area contributed by atoms with Gasteiger partial charge in [-0.15, -0.1) is 0 Å². The second-order valence-corrected chi connectivity index (χ2v) is 9.28. The van der Waals surface area contributed by atoms with E-state index in [1.807, 2.05) is 20.8 Å². The van der Waals surface area contributed by atoms with Crippen molar-refractivity contribution in [1.82, 2.24) is 15.8 Å². The van der Waals surface area contributed by atoms with Crippen LogP contribution in [0.2, 0.25) is 0 Å². The van der Waals surface area contributed by atoms with Crippen LogP contribution in [-0.2, 0) is 4.79 Å². The summed E-state index contributed by atoms with van der Waals surface area (Å²) in [5, 5.41) is 10.7.